The molecule has 1 aromatic carbocycles. The normalized spacial score (nSPS) is 10.5. The van der Waals surface area contributed by atoms with Gasteiger partial charge in [-0.25, -0.2) is 14.8 Å². The number of carboxylic acid groups (broad SMARTS) is 1. The van der Waals surface area contributed by atoms with Gasteiger partial charge in [-0.1, -0.05) is 6.07 Å². The van der Waals surface area contributed by atoms with Gasteiger partial charge < -0.3 is 16.2 Å². The lowest BCUT2D eigenvalue weighted by atomic mass is 10.1. The lowest BCUT2D eigenvalue weighted by Crippen LogP contribution is -2.16. The van der Waals surface area contributed by atoms with Crippen molar-refractivity contribution in [3.63, 3.8) is 0 Å². The van der Waals surface area contributed by atoms with Crippen molar-refractivity contribution in [2.75, 3.05) is 11.1 Å². The minimum atomic E-state index is -0.982. The van der Waals surface area contributed by atoms with Gasteiger partial charge in [0.15, 0.2) is 11.5 Å². The lowest BCUT2D eigenvalue weighted by Gasteiger charge is -2.06. The van der Waals surface area contributed by atoms with Crippen molar-refractivity contribution < 1.29 is 14.7 Å². The monoisotopic (exact) mass is 352 g/mol. The largest absolute Gasteiger partial charge is 0.478 e. The molecule has 2 aromatic heterocycles. The second-order valence-electron chi connectivity index (χ2n) is 5.68. The topological polar surface area (TPSA) is 136 Å². The summed E-state index contributed by atoms with van der Waals surface area (Å²) in [7, 11) is 0. The first kappa shape index (κ1) is 17.1. The van der Waals surface area contributed by atoms with E-state index < -0.39 is 11.9 Å². The standard InChI is InChI=1S/C17H16N6O3/c1-10-4-11(6-12(5-10)17(25)26)8-23-9-13(7-21-23)22-16(24)14-15(18)20-3-2-19-14/h2-7,9H,8H2,1H3,(H2,18,20)(H,22,24)(H,25,26). The zero-order chi connectivity index (χ0) is 18.7. The van der Waals surface area contributed by atoms with Crippen LogP contribution in [-0.2, 0) is 6.54 Å². The Morgan fingerprint density at radius 1 is 1.23 bits per heavy atom. The van der Waals surface area contributed by atoms with E-state index in [0.29, 0.717) is 12.2 Å². The lowest BCUT2D eigenvalue weighted by molar-refractivity contribution is 0.0696. The Morgan fingerprint density at radius 3 is 2.73 bits per heavy atom. The van der Waals surface area contributed by atoms with Gasteiger partial charge in [-0.3, -0.25) is 9.48 Å². The van der Waals surface area contributed by atoms with Crippen molar-refractivity contribution in [3.8, 4) is 0 Å². The zero-order valence-electron chi connectivity index (χ0n) is 13.9. The van der Waals surface area contributed by atoms with Gasteiger partial charge >= 0.3 is 5.97 Å². The molecule has 9 heteroatoms. The maximum Gasteiger partial charge on any atom is 0.335 e. The predicted octanol–water partition coefficient (Wildman–Crippen LogP) is 1.56. The average molecular weight is 352 g/mol. The van der Waals surface area contributed by atoms with E-state index in [2.05, 4.69) is 20.4 Å². The zero-order valence-corrected chi connectivity index (χ0v) is 13.9. The number of hydrogen-bond acceptors (Lipinski definition) is 6. The van der Waals surface area contributed by atoms with Crippen LogP contribution in [-0.4, -0.2) is 36.7 Å². The fraction of sp³-hybridized carbons (Fsp3) is 0.118. The number of aromatic carboxylic acids is 1. The molecule has 2 heterocycles. The number of hydrogen-bond donors (Lipinski definition) is 3. The Kier molecular flexibility index (Phi) is 4.61. The number of aromatic nitrogens is 4. The summed E-state index contributed by atoms with van der Waals surface area (Å²) in [6.07, 6.45) is 5.90. The fourth-order valence-corrected chi connectivity index (χ4v) is 2.49. The summed E-state index contributed by atoms with van der Waals surface area (Å²) in [5, 5.41) is 16.0. The second kappa shape index (κ2) is 7.01. The van der Waals surface area contributed by atoms with Crippen LogP contribution in [0, 0.1) is 6.92 Å². The molecule has 26 heavy (non-hydrogen) atoms. The smallest absolute Gasteiger partial charge is 0.335 e. The first-order valence-electron chi connectivity index (χ1n) is 7.66. The Bertz CT molecular complexity index is 982. The van der Waals surface area contributed by atoms with Gasteiger partial charge in [-0.2, -0.15) is 5.10 Å². The molecule has 0 saturated heterocycles. The summed E-state index contributed by atoms with van der Waals surface area (Å²) in [4.78, 5) is 31.0. The van der Waals surface area contributed by atoms with E-state index in [-0.39, 0.29) is 17.1 Å². The van der Waals surface area contributed by atoms with Crippen LogP contribution in [0.15, 0.2) is 43.0 Å². The Balaban J connectivity index is 1.73. The molecule has 0 radical (unpaired) electrons. The molecule has 0 aliphatic carbocycles. The van der Waals surface area contributed by atoms with Gasteiger partial charge in [-0.15, -0.1) is 0 Å². The summed E-state index contributed by atoms with van der Waals surface area (Å²) in [5.41, 5.74) is 7.99. The minimum absolute atomic E-state index is 0.0324. The molecular weight excluding hydrogens is 336 g/mol. The van der Waals surface area contributed by atoms with Crippen molar-refractivity contribution in [1.82, 2.24) is 19.7 Å². The molecule has 0 spiro atoms. The number of nitrogens with two attached hydrogens (primary N) is 1. The minimum Gasteiger partial charge on any atom is -0.478 e. The molecule has 9 nitrogen and oxygen atoms in total. The molecule has 3 aromatic rings. The maximum atomic E-state index is 12.2. The van der Waals surface area contributed by atoms with Crippen molar-refractivity contribution >= 4 is 23.4 Å². The van der Waals surface area contributed by atoms with E-state index in [1.54, 1.807) is 23.0 Å². The second-order valence-corrected chi connectivity index (χ2v) is 5.68. The molecule has 1 amide bonds. The fourth-order valence-electron chi connectivity index (χ4n) is 2.49. The quantitative estimate of drug-likeness (QED) is 0.634. The number of carboxylic acids is 1. The van der Waals surface area contributed by atoms with Crippen LogP contribution in [0.3, 0.4) is 0 Å². The number of amides is 1. The third-order valence-corrected chi connectivity index (χ3v) is 3.56. The number of aryl methyl sites for hydroxylation is 1. The average Bonchev–Trinajstić information content (AvgIpc) is 3.01. The Labute approximate surface area is 148 Å². The van der Waals surface area contributed by atoms with Crippen LogP contribution in [0.2, 0.25) is 0 Å². The number of rotatable bonds is 5. The van der Waals surface area contributed by atoms with Crippen molar-refractivity contribution in [3.05, 3.63) is 65.4 Å². The number of benzene rings is 1. The number of nitrogens with one attached hydrogen (secondary N) is 1. The number of carbonyl (C=O) groups excluding carboxylic acids is 1. The van der Waals surface area contributed by atoms with Gasteiger partial charge in [0.05, 0.1) is 24.0 Å². The van der Waals surface area contributed by atoms with Gasteiger partial charge in [0.2, 0.25) is 0 Å². The van der Waals surface area contributed by atoms with E-state index in [4.69, 9.17) is 10.8 Å². The van der Waals surface area contributed by atoms with Gasteiger partial charge in [0.1, 0.15) is 0 Å². The molecular formula is C17H16N6O3. The molecule has 4 N–H and O–H groups in total. The van der Waals surface area contributed by atoms with Gasteiger partial charge in [0.25, 0.3) is 5.91 Å². The van der Waals surface area contributed by atoms with E-state index in [0.717, 1.165) is 11.1 Å². The first-order chi connectivity index (χ1) is 12.4. The predicted molar refractivity (Wildman–Crippen MR) is 93.9 cm³/mol. The van der Waals surface area contributed by atoms with E-state index in [1.165, 1.54) is 18.6 Å². The van der Waals surface area contributed by atoms with Crippen LogP contribution in [0.5, 0.6) is 0 Å². The van der Waals surface area contributed by atoms with E-state index >= 15 is 0 Å². The molecule has 0 aliphatic heterocycles. The number of nitrogens with zero attached hydrogens (tertiary/aromatic N) is 4. The summed E-state index contributed by atoms with van der Waals surface area (Å²) < 4.78 is 1.59. The highest BCUT2D eigenvalue weighted by Gasteiger charge is 2.13. The molecule has 132 valence electrons. The summed E-state index contributed by atoms with van der Waals surface area (Å²) in [6.45, 7) is 2.20. The summed E-state index contributed by atoms with van der Waals surface area (Å²) in [5.74, 6) is -1.43. The van der Waals surface area contributed by atoms with Crippen molar-refractivity contribution in [2.24, 2.45) is 0 Å². The molecule has 0 fully saturated rings. The van der Waals surface area contributed by atoms with Gasteiger partial charge in [0, 0.05) is 18.6 Å². The molecule has 0 atom stereocenters. The first-order valence-corrected chi connectivity index (χ1v) is 7.66. The Morgan fingerprint density at radius 2 is 2.00 bits per heavy atom. The van der Waals surface area contributed by atoms with E-state index in [1.807, 2.05) is 13.0 Å². The SMILES string of the molecule is Cc1cc(Cn2cc(NC(=O)c3nccnc3N)cn2)cc(C(=O)O)c1. The number of nitrogen functional groups attached to an aromatic ring is 1. The maximum absolute atomic E-state index is 12.2. The highest BCUT2D eigenvalue weighted by atomic mass is 16.4. The third-order valence-electron chi connectivity index (χ3n) is 3.56. The van der Waals surface area contributed by atoms with Crippen LogP contribution >= 0.6 is 0 Å². The Hall–Kier alpha value is -3.75. The van der Waals surface area contributed by atoms with Gasteiger partial charge in [-0.05, 0) is 30.2 Å². The molecule has 0 unspecified atom stereocenters. The van der Waals surface area contributed by atoms with Crippen molar-refractivity contribution in [1.29, 1.82) is 0 Å². The highest BCUT2D eigenvalue weighted by molar-refractivity contribution is 6.05. The van der Waals surface area contributed by atoms with Crippen LogP contribution < -0.4 is 11.1 Å². The third kappa shape index (κ3) is 3.83. The molecule has 0 aliphatic rings. The van der Waals surface area contributed by atoms with Crippen LogP contribution in [0.4, 0.5) is 11.5 Å². The summed E-state index contributed by atoms with van der Waals surface area (Å²) in [6, 6.07) is 5.08. The van der Waals surface area contributed by atoms with E-state index in [9.17, 15) is 9.59 Å². The number of carbonyl (C=O) groups is 2. The highest BCUT2D eigenvalue weighted by Crippen LogP contribution is 2.14. The number of anilines is 2. The molecule has 0 bridgehead atoms. The van der Waals surface area contributed by atoms with Crippen LogP contribution in [0.25, 0.3) is 0 Å². The van der Waals surface area contributed by atoms with Crippen molar-refractivity contribution in [2.45, 2.75) is 13.5 Å². The molecule has 0 saturated carbocycles. The molecule has 3 rings (SSSR count). The van der Waals surface area contributed by atoms with Crippen LogP contribution in [0.1, 0.15) is 32.0 Å². The summed E-state index contributed by atoms with van der Waals surface area (Å²) >= 11 is 0.